The molecule has 0 rings (SSSR count). The Labute approximate surface area is 105 Å². The third kappa shape index (κ3) is 2.83. The van der Waals surface area contributed by atoms with Gasteiger partial charge in [0.2, 0.25) is 0 Å². The van der Waals surface area contributed by atoms with Crippen molar-refractivity contribution in [3.8, 4) is 0 Å². The van der Waals surface area contributed by atoms with Crippen molar-refractivity contribution in [2.24, 2.45) is 0 Å². The van der Waals surface area contributed by atoms with Crippen LogP contribution in [0.25, 0.3) is 0 Å². The first-order chi connectivity index (χ1) is 8.25. The van der Waals surface area contributed by atoms with Gasteiger partial charge in [-0.05, 0) is 0 Å². The van der Waals surface area contributed by atoms with Gasteiger partial charge in [0.25, 0.3) is 0 Å². The van der Waals surface area contributed by atoms with Gasteiger partial charge in [0.15, 0.2) is 0 Å². The molecule has 15 heteroatoms. The SMILES string of the molecule is FC(F)(F)C(F)(F)C(F)(F)C(F)(F)C(F)(F)C(F)(F)F.N. The first-order valence-corrected chi connectivity index (χ1v) is 3.90. The molecular formula is C6H3F14N. The Kier molecular flexibility index (Phi) is 5.32. The minimum absolute atomic E-state index is 0. The van der Waals surface area contributed by atoms with Gasteiger partial charge in [0.1, 0.15) is 0 Å². The molecule has 21 heavy (non-hydrogen) atoms. The zero-order valence-corrected chi connectivity index (χ0v) is 9.00. The fraction of sp³-hybridized carbons (Fsp3) is 1.00. The maximum Gasteiger partial charge on any atom is 0.460 e. The Morgan fingerprint density at radius 2 is 0.429 bits per heavy atom. The molecule has 0 heterocycles. The first-order valence-electron chi connectivity index (χ1n) is 3.90. The molecule has 0 atom stereocenters. The highest BCUT2D eigenvalue weighted by Crippen LogP contribution is 2.60. The monoisotopic (exact) mass is 355 g/mol. The van der Waals surface area contributed by atoms with Crippen LogP contribution in [0.2, 0.25) is 0 Å². The summed E-state index contributed by atoms with van der Waals surface area (Å²) < 4.78 is 166. The molecule has 0 unspecified atom stereocenters. The lowest BCUT2D eigenvalue weighted by atomic mass is 9.98. The van der Waals surface area contributed by atoms with Crippen molar-refractivity contribution in [3.63, 3.8) is 0 Å². The van der Waals surface area contributed by atoms with Crippen LogP contribution in [0, 0.1) is 0 Å². The van der Waals surface area contributed by atoms with Crippen molar-refractivity contribution in [2.75, 3.05) is 0 Å². The smallest absolute Gasteiger partial charge is 0.344 e. The van der Waals surface area contributed by atoms with Crippen molar-refractivity contribution in [2.45, 2.75) is 36.0 Å². The van der Waals surface area contributed by atoms with E-state index in [1.807, 2.05) is 0 Å². The van der Waals surface area contributed by atoms with Crippen LogP contribution in [-0.4, -0.2) is 36.0 Å². The summed E-state index contributed by atoms with van der Waals surface area (Å²) in [6.07, 6.45) is -15.0. The van der Waals surface area contributed by atoms with E-state index in [2.05, 4.69) is 0 Å². The van der Waals surface area contributed by atoms with Gasteiger partial charge in [0, 0.05) is 0 Å². The van der Waals surface area contributed by atoms with Crippen LogP contribution in [0.15, 0.2) is 0 Å². The van der Waals surface area contributed by atoms with E-state index < -0.39 is 36.0 Å². The maximum atomic E-state index is 12.3. The van der Waals surface area contributed by atoms with Crippen molar-refractivity contribution in [1.82, 2.24) is 6.15 Å². The van der Waals surface area contributed by atoms with Gasteiger partial charge in [-0.1, -0.05) is 0 Å². The second-order valence-corrected chi connectivity index (χ2v) is 3.29. The average Bonchev–Trinajstić information content (AvgIpc) is 2.12. The summed E-state index contributed by atoms with van der Waals surface area (Å²) in [5.74, 6) is -31.7. The molecule has 0 aromatic heterocycles. The first kappa shape index (κ1) is 22.3. The summed E-state index contributed by atoms with van der Waals surface area (Å²) in [5.41, 5.74) is 0. The van der Waals surface area contributed by atoms with Crippen LogP contribution >= 0.6 is 0 Å². The van der Waals surface area contributed by atoms with Crippen LogP contribution < -0.4 is 6.15 Å². The fourth-order valence-electron chi connectivity index (χ4n) is 0.750. The Morgan fingerprint density at radius 1 is 0.286 bits per heavy atom. The number of rotatable bonds is 3. The van der Waals surface area contributed by atoms with Crippen molar-refractivity contribution in [1.29, 1.82) is 0 Å². The highest BCUT2D eigenvalue weighted by atomic mass is 19.4. The predicted octanol–water partition coefficient (Wildman–Crippen LogP) is 4.81. The molecule has 0 aliphatic carbocycles. The van der Waals surface area contributed by atoms with Gasteiger partial charge in [0.05, 0.1) is 0 Å². The number of hydrogen-bond donors (Lipinski definition) is 1. The Morgan fingerprint density at radius 3 is 0.524 bits per heavy atom. The molecule has 130 valence electrons. The van der Waals surface area contributed by atoms with E-state index in [1.54, 1.807) is 0 Å². The van der Waals surface area contributed by atoms with Crippen LogP contribution in [-0.2, 0) is 0 Å². The zero-order chi connectivity index (χ0) is 17.0. The molecule has 3 N–H and O–H groups in total. The average molecular weight is 355 g/mol. The highest BCUT2D eigenvalue weighted by Gasteiger charge is 2.91. The third-order valence-corrected chi connectivity index (χ3v) is 1.90. The second kappa shape index (κ2) is 5.01. The summed E-state index contributed by atoms with van der Waals surface area (Å²) in [6.45, 7) is 0. The van der Waals surface area contributed by atoms with E-state index in [9.17, 15) is 61.5 Å². The Balaban J connectivity index is 0. The van der Waals surface area contributed by atoms with Gasteiger partial charge < -0.3 is 6.15 Å². The summed E-state index contributed by atoms with van der Waals surface area (Å²) in [4.78, 5) is 0. The largest absolute Gasteiger partial charge is 0.460 e. The van der Waals surface area contributed by atoms with Crippen molar-refractivity contribution >= 4 is 0 Å². The minimum Gasteiger partial charge on any atom is -0.344 e. The minimum atomic E-state index is -8.04. The lowest BCUT2D eigenvalue weighted by molar-refractivity contribution is -0.451. The molecule has 0 aliphatic rings. The van der Waals surface area contributed by atoms with Gasteiger partial charge in [-0.25, -0.2) is 0 Å². The highest BCUT2D eigenvalue weighted by molar-refractivity contribution is 5.08. The Hall–Kier alpha value is -1.02. The molecule has 0 amide bonds. The number of halogens is 14. The quantitative estimate of drug-likeness (QED) is 0.725. The van der Waals surface area contributed by atoms with Crippen molar-refractivity contribution in [3.05, 3.63) is 0 Å². The molecule has 0 bridgehead atoms. The maximum absolute atomic E-state index is 12.3. The Bertz CT molecular complexity index is 325. The molecule has 0 saturated heterocycles. The molecule has 0 saturated carbocycles. The summed E-state index contributed by atoms with van der Waals surface area (Å²) in [7, 11) is 0. The van der Waals surface area contributed by atoms with E-state index in [1.165, 1.54) is 0 Å². The van der Waals surface area contributed by atoms with E-state index in [-0.39, 0.29) is 6.15 Å². The molecule has 0 aromatic rings. The van der Waals surface area contributed by atoms with Crippen LogP contribution in [0.1, 0.15) is 0 Å². The number of alkyl halides is 14. The lowest BCUT2D eigenvalue weighted by Gasteiger charge is -2.37. The van der Waals surface area contributed by atoms with Crippen LogP contribution in [0.3, 0.4) is 0 Å². The van der Waals surface area contributed by atoms with Gasteiger partial charge >= 0.3 is 36.0 Å². The zero-order valence-electron chi connectivity index (χ0n) is 9.00. The molecule has 0 spiro atoms. The van der Waals surface area contributed by atoms with Gasteiger partial charge in [-0.3, -0.25) is 0 Å². The molecule has 0 radical (unpaired) electrons. The topological polar surface area (TPSA) is 35.0 Å². The van der Waals surface area contributed by atoms with Crippen molar-refractivity contribution < 1.29 is 61.5 Å². The van der Waals surface area contributed by atoms with Crippen LogP contribution in [0.5, 0.6) is 0 Å². The molecular weight excluding hydrogens is 352 g/mol. The van der Waals surface area contributed by atoms with Gasteiger partial charge in [-0.15, -0.1) is 0 Å². The van der Waals surface area contributed by atoms with E-state index in [0.717, 1.165) is 0 Å². The lowest BCUT2D eigenvalue weighted by Crippen LogP contribution is -2.69. The normalized spacial score (nSPS) is 15.7. The van der Waals surface area contributed by atoms with Gasteiger partial charge in [-0.2, -0.15) is 61.5 Å². The predicted molar refractivity (Wildman–Crippen MR) is 36.9 cm³/mol. The molecule has 0 aliphatic heterocycles. The van der Waals surface area contributed by atoms with E-state index in [0.29, 0.717) is 0 Å². The van der Waals surface area contributed by atoms with Crippen LogP contribution in [0.4, 0.5) is 61.5 Å². The second-order valence-electron chi connectivity index (χ2n) is 3.29. The molecule has 0 aromatic carbocycles. The summed E-state index contributed by atoms with van der Waals surface area (Å²) in [6, 6.07) is 0. The van der Waals surface area contributed by atoms with E-state index >= 15 is 0 Å². The third-order valence-electron chi connectivity index (χ3n) is 1.90. The molecule has 0 fully saturated rings. The summed E-state index contributed by atoms with van der Waals surface area (Å²) >= 11 is 0. The molecule has 1 nitrogen and oxygen atoms in total. The summed E-state index contributed by atoms with van der Waals surface area (Å²) in [5, 5.41) is 0. The standard InChI is InChI=1S/C6F14.H3N/c7-1(8,3(11,12)5(15,16)17)2(9,10)4(13,14)6(18,19)20;/h;1H3. The van der Waals surface area contributed by atoms with E-state index in [4.69, 9.17) is 0 Å². The fourth-order valence-corrected chi connectivity index (χ4v) is 0.750. The number of hydrogen-bond acceptors (Lipinski definition) is 1.